The number of carbonyl (C=O) groups is 1. The second-order valence-electron chi connectivity index (χ2n) is 6.73. The van der Waals surface area contributed by atoms with E-state index >= 15 is 0 Å². The Bertz CT molecular complexity index is 294. The Labute approximate surface area is 123 Å². The van der Waals surface area contributed by atoms with E-state index in [4.69, 9.17) is 9.47 Å². The van der Waals surface area contributed by atoms with Gasteiger partial charge in [-0.2, -0.15) is 0 Å². The molecule has 1 heterocycles. The van der Waals surface area contributed by atoms with Gasteiger partial charge in [0.1, 0.15) is 5.60 Å². The van der Waals surface area contributed by atoms with Crippen LogP contribution in [0.5, 0.6) is 0 Å². The first-order chi connectivity index (χ1) is 9.28. The van der Waals surface area contributed by atoms with Gasteiger partial charge >= 0.3 is 5.97 Å². The molecule has 1 fully saturated rings. The lowest BCUT2D eigenvalue weighted by molar-refractivity contribution is -0.153. The summed E-state index contributed by atoms with van der Waals surface area (Å²) in [5.74, 6) is 0.283. The SMILES string of the molecule is CC(C)C(CN1CCOCC1)NCC(=O)OC(C)(C)C. The highest BCUT2D eigenvalue weighted by Crippen LogP contribution is 2.08. The lowest BCUT2D eigenvalue weighted by Gasteiger charge is -2.32. The molecule has 1 aliphatic heterocycles. The van der Waals surface area contributed by atoms with Crippen LogP contribution >= 0.6 is 0 Å². The summed E-state index contributed by atoms with van der Waals surface area (Å²) in [6.45, 7) is 14.8. The van der Waals surface area contributed by atoms with E-state index in [1.165, 1.54) is 0 Å². The van der Waals surface area contributed by atoms with Crippen molar-refractivity contribution < 1.29 is 14.3 Å². The van der Waals surface area contributed by atoms with Crippen molar-refractivity contribution in [2.75, 3.05) is 39.4 Å². The molecule has 5 nitrogen and oxygen atoms in total. The van der Waals surface area contributed by atoms with Gasteiger partial charge in [-0.05, 0) is 26.7 Å². The van der Waals surface area contributed by atoms with E-state index < -0.39 is 5.60 Å². The van der Waals surface area contributed by atoms with Gasteiger partial charge in [-0.15, -0.1) is 0 Å². The van der Waals surface area contributed by atoms with Gasteiger partial charge < -0.3 is 14.8 Å². The standard InChI is InChI=1S/C15H30N2O3/c1-12(2)13(11-17-6-8-19-9-7-17)16-10-14(18)20-15(3,4)5/h12-13,16H,6-11H2,1-5H3. The van der Waals surface area contributed by atoms with Crippen molar-refractivity contribution in [3.8, 4) is 0 Å². The zero-order valence-electron chi connectivity index (χ0n) is 13.6. The van der Waals surface area contributed by atoms with Crippen LogP contribution in [0, 0.1) is 5.92 Å². The Morgan fingerprint density at radius 3 is 2.40 bits per heavy atom. The number of esters is 1. The highest BCUT2D eigenvalue weighted by Gasteiger charge is 2.21. The number of morpholine rings is 1. The van der Waals surface area contributed by atoms with Gasteiger partial charge in [0.25, 0.3) is 0 Å². The molecule has 1 rings (SSSR count). The molecule has 1 saturated heterocycles. The fraction of sp³-hybridized carbons (Fsp3) is 0.933. The van der Waals surface area contributed by atoms with E-state index in [2.05, 4.69) is 24.1 Å². The maximum atomic E-state index is 11.8. The fourth-order valence-electron chi connectivity index (χ4n) is 2.16. The van der Waals surface area contributed by atoms with Gasteiger partial charge in [0.15, 0.2) is 0 Å². The molecule has 0 saturated carbocycles. The van der Waals surface area contributed by atoms with Crippen LogP contribution in [0.1, 0.15) is 34.6 Å². The quantitative estimate of drug-likeness (QED) is 0.745. The molecular weight excluding hydrogens is 256 g/mol. The maximum Gasteiger partial charge on any atom is 0.320 e. The molecule has 0 aromatic carbocycles. The fourth-order valence-corrected chi connectivity index (χ4v) is 2.16. The molecule has 1 aliphatic rings. The van der Waals surface area contributed by atoms with Crippen LogP contribution < -0.4 is 5.32 Å². The number of rotatable bonds is 6. The first-order valence-electron chi connectivity index (χ1n) is 7.53. The van der Waals surface area contributed by atoms with E-state index in [0.29, 0.717) is 12.0 Å². The Hall–Kier alpha value is -0.650. The number of ether oxygens (including phenoxy) is 2. The molecule has 0 aromatic rings. The van der Waals surface area contributed by atoms with Crippen LogP contribution in [-0.2, 0) is 14.3 Å². The zero-order chi connectivity index (χ0) is 15.2. The number of carbonyl (C=O) groups excluding carboxylic acids is 1. The van der Waals surface area contributed by atoms with Gasteiger partial charge in [-0.3, -0.25) is 9.69 Å². The minimum absolute atomic E-state index is 0.190. The highest BCUT2D eigenvalue weighted by atomic mass is 16.6. The lowest BCUT2D eigenvalue weighted by Crippen LogP contribution is -2.49. The number of hydrogen-bond donors (Lipinski definition) is 1. The van der Waals surface area contributed by atoms with Crippen LogP contribution in [0.15, 0.2) is 0 Å². The third kappa shape index (κ3) is 7.22. The monoisotopic (exact) mass is 286 g/mol. The molecule has 20 heavy (non-hydrogen) atoms. The molecule has 0 spiro atoms. The molecule has 0 bridgehead atoms. The van der Waals surface area contributed by atoms with Crippen molar-refractivity contribution in [2.24, 2.45) is 5.92 Å². The first-order valence-corrected chi connectivity index (χ1v) is 7.53. The summed E-state index contributed by atoms with van der Waals surface area (Å²) in [6.07, 6.45) is 0. The summed E-state index contributed by atoms with van der Waals surface area (Å²) in [4.78, 5) is 14.1. The molecule has 118 valence electrons. The van der Waals surface area contributed by atoms with Crippen molar-refractivity contribution in [1.82, 2.24) is 10.2 Å². The summed E-state index contributed by atoms with van der Waals surface area (Å²) in [7, 11) is 0. The van der Waals surface area contributed by atoms with E-state index in [0.717, 1.165) is 32.8 Å². The normalized spacial score (nSPS) is 19.1. The molecule has 0 amide bonds. The van der Waals surface area contributed by atoms with E-state index in [9.17, 15) is 4.79 Å². The third-order valence-electron chi connectivity index (χ3n) is 3.29. The van der Waals surface area contributed by atoms with Crippen molar-refractivity contribution in [3.63, 3.8) is 0 Å². The molecule has 5 heteroatoms. The predicted molar refractivity (Wildman–Crippen MR) is 79.7 cm³/mol. The molecule has 0 aromatic heterocycles. The summed E-state index contributed by atoms with van der Waals surface area (Å²) < 4.78 is 10.7. The average molecular weight is 286 g/mol. The van der Waals surface area contributed by atoms with Crippen LogP contribution in [0.4, 0.5) is 0 Å². The lowest BCUT2D eigenvalue weighted by atomic mass is 10.0. The Balaban J connectivity index is 2.36. The summed E-state index contributed by atoms with van der Waals surface area (Å²) in [6, 6.07) is 0.292. The van der Waals surface area contributed by atoms with E-state index in [1.54, 1.807) is 0 Å². The first kappa shape index (κ1) is 17.4. The van der Waals surface area contributed by atoms with Crippen LogP contribution in [0.3, 0.4) is 0 Å². The smallest absolute Gasteiger partial charge is 0.320 e. The number of nitrogens with zero attached hydrogens (tertiary/aromatic N) is 1. The average Bonchev–Trinajstić information content (AvgIpc) is 2.33. The van der Waals surface area contributed by atoms with Crippen molar-refractivity contribution in [1.29, 1.82) is 0 Å². The van der Waals surface area contributed by atoms with Crippen LogP contribution in [-0.4, -0.2) is 61.9 Å². The van der Waals surface area contributed by atoms with E-state index in [-0.39, 0.29) is 12.5 Å². The van der Waals surface area contributed by atoms with Gasteiger partial charge in [0.2, 0.25) is 0 Å². The Morgan fingerprint density at radius 2 is 1.90 bits per heavy atom. The molecule has 1 atom stereocenters. The summed E-state index contributed by atoms with van der Waals surface area (Å²) >= 11 is 0. The maximum absolute atomic E-state index is 11.8. The molecule has 1 unspecified atom stereocenters. The molecule has 0 aliphatic carbocycles. The van der Waals surface area contributed by atoms with Crippen molar-refractivity contribution >= 4 is 5.97 Å². The Kier molecular flexibility index (Phi) is 6.92. The van der Waals surface area contributed by atoms with Crippen LogP contribution in [0.25, 0.3) is 0 Å². The largest absolute Gasteiger partial charge is 0.459 e. The minimum atomic E-state index is -0.420. The predicted octanol–water partition coefficient (Wildman–Crippen LogP) is 1.27. The number of nitrogens with one attached hydrogen (secondary N) is 1. The second kappa shape index (κ2) is 7.96. The topological polar surface area (TPSA) is 50.8 Å². The van der Waals surface area contributed by atoms with Gasteiger partial charge in [-0.25, -0.2) is 0 Å². The Morgan fingerprint density at radius 1 is 1.30 bits per heavy atom. The second-order valence-corrected chi connectivity index (χ2v) is 6.73. The van der Waals surface area contributed by atoms with Gasteiger partial charge in [-0.1, -0.05) is 13.8 Å². The zero-order valence-corrected chi connectivity index (χ0v) is 13.6. The molecule has 1 N–H and O–H groups in total. The minimum Gasteiger partial charge on any atom is -0.459 e. The van der Waals surface area contributed by atoms with Crippen LogP contribution in [0.2, 0.25) is 0 Å². The molecular formula is C15H30N2O3. The molecule has 0 radical (unpaired) electrons. The van der Waals surface area contributed by atoms with Crippen molar-refractivity contribution in [3.05, 3.63) is 0 Å². The summed E-state index contributed by atoms with van der Waals surface area (Å²) in [5.41, 5.74) is -0.420. The van der Waals surface area contributed by atoms with Crippen molar-refractivity contribution in [2.45, 2.75) is 46.3 Å². The van der Waals surface area contributed by atoms with E-state index in [1.807, 2.05) is 20.8 Å². The number of hydrogen-bond acceptors (Lipinski definition) is 5. The highest BCUT2D eigenvalue weighted by molar-refractivity contribution is 5.72. The van der Waals surface area contributed by atoms with Gasteiger partial charge in [0.05, 0.1) is 19.8 Å². The third-order valence-corrected chi connectivity index (χ3v) is 3.29. The summed E-state index contributed by atoms with van der Waals surface area (Å²) in [5, 5.41) is 3.33. The van der Waals surface area contributed by atoms with Gasteiger partial charge in [0, 0.05) is 25.7 Å².